The summed E-state index contributed by atoms with van der Waals surface area (Å²) in [4.78, 5) is 29.0. The lowest BCUT2D eigenvalue weighted by Gasteiger charge is -2.35. The highest BCUT2D eigenvalue weighted by Crippen LogP contribution is 2.27. The fraction of sp³-hybridized carbons (Fsp3) is 0.333. The SMILES string of the molecule is C#CCN(C(=O)c1ccccc1C)C(C(=O)Nc1ccc(C=C)c(C=C)c1)C(CCC)CCC. The average molecular weight is 457 g/mol. The van der Waals surface area contributed by atoms with Gasteiger partial charge in [-0.25, -0.2) is 0 Å². The summed E-state index contributed by atoms with van der Waals surface area (Å²) in [5, 5.41) is 3.04. The van der Waals surface area contributed by atoms with Gasteiger partial charge in [0.2, 0.25) is 5.91 Å². The molecular formula is C30H36N2O2. The zero-order valence-corrected chi connectivity index (χ0v) is 20.6. The van der Waals surface area contributed by atoms with Crippen LogP contribution in [0.3, 0.4) is 0 Å². The molecule has 2 aromatic carbocycles. The molecule has 0 radical (unpaired) electrons. The highest BCUT2D eigenvalue weighted by molar-refractivity contribution is 6.02. The molecule has 0 heterocycles. The summed E-state index contributed by atoms with van der Waals surface area (Å²) >= 11 is 0. The lowest BCUT2D eigenvalue weighted by atomic mass is 9.88. The van der Waals surface area contributed by atoms with Crippen molar-refractivity contribution in [3.8, 4) is 12.3 Å². The van der Waals surface area contributed by atoms with Crippen molar-refractivity contribution in [3.05, 3.63) is 77.9 Å². The third-order valence-corrected chi connectivity index (χ3v) is 6.06. The number of amides is 2. The molecule has 0 saturated heterocycles. The maximum absolute atomic E-state index is 13.8. The Kier molecular flexibility index (Phi) is 10.4. The quantitative estimate of drug-likeness (QED) is 0.367. The van der Waals surface area contributed by atoms with E-state index in [1.807, 2.05) is 43.3 Å². The predicted molar refractivity (Wildman–Crippen MR) is 143 cm³/mol. The monoisotopic (exact) mass is 456 g/mol. The molecule has 0 saturated carbocycles. The Morgan fingerprint density at radius 3 is 2.26 bits per heavy atom. The highest BCUT2D eigenvalue weighted by Gasteiger charge is 2.36. The van der Waals surface area contributed by atoms with Crippen molar-refractivity contribution in [2.24, 2.45) is 5.92 Å². The molecule has 1 N–H and O–H groups in total. The number of benzene rings is 2. The van der Waals surface area contributed by atoms with Crippen LogP contribution in [-0.2, 0) is 4.79 Å². The van der Waals surface area contributed by atoms with Gasteiger partial charge in [-0.15, -0.1) is 6.42 Å². The van der Waals surface area contributed by atoms with Crippen LogP contribution in [0.1, 0.15) is 66.6 Å². The van der Waals surface area contributed by atoms with Gasteiger partial charge in [-0.3, -0.25) is 9.59 Å². The van der Waals surface area contributed by atoms with Gasteiger partial charge in [0.15, 0.2) is 0 Å². The van der Waals surface area contributed by atoms with Gasteiger partial charge in [0, 0.05) is 11.3 Å². The second-order valence-corrected chi connectivity index (χ2v) is 8.48. The minimum atomic E-state index is -0.686. The maximum atomic E-state index is 13.8. The molecule has 4 nitrogen and oxygen atoms in total. The van der Waals surface area contributed by atoms with Crippen LogP contribution in [-0.4, -0.2) is 29.3 Å². The molecule has 0 aromatic heterocycles. The number of rotatable bonds is 12. The van der Waals surface area contributed by atoms with Crippen LogP contribution < -0.4 is 5.32 Å². The molecule has 0 spiro atoms. The Morgan fingerprint density at radius 1 is 1.06 bits per heavy atom. The zero-order valence-electron chi connectivity index (χ0n) is 20.6. The maximum Gasteiger partial charge on any atom is 0.255 e. The zero-order chi connectivity index (χ0) is 25.1. The fourth-order valence-corrected chi connectivity index (χ4v) is 4.41. The summed E-state index contributed by atoms with van der Waals surface area (Å²) in [5.41, 5.74) is 3.87. The standard InChI is InChI=1S/C30H36N2O2/c1-7-14-25(15-8-2)28(29(33)31-26-19-18-23(10-4)24(11-5)21-26)32(20-9-3)30(34)27-17-13-12-16-22(27)6/h3,10-13,16-19,21,25,28H,4-5,7-8,14-15,20H2,1-2,6H3,(H,31,33). The lowest BCUT2D eigenvalue weighted by molar-refractivity contribution is -0.122. The number of hydrogen-bond donors (Lipinski definition) is 1. The minimum Gasteiger partial charge on any atom is -0.324 e. The van der Waals surface area contributed by atoms with E-state index in [0.717, 1.165) is 42.4 Å². The van der Waals surface area contributed by atoms with E-state index in [2.05, 4.69) is 38.2 Å². The molecule has 2 rings (SSSR count). The average Bonchev–Trinajstić information content (AvgIpc) is 2.83. The number of nitrogens with zero attached hydrogens (tertiary/aromatic N) is 1. The molecule has 0 aliphatic carbocycles. The number of nitrogens with one attached hydrogen (secondary N) is 1. The first kappa shape index (κ1) is 26.7. The Hall–Kier alpha value is -3.58. The largest absolute Gasteiger partial charge is 0.324 e. The Morgan fingerprint density at radius 2 is 1.71 bits per heavy atom. The number of carbonyl (C=O) groups excluding carboxylic acids is 2. The van der Waals surface area contributed by atoms with Crippen LogP contribution in [0.15, 0.2) is 55.6 Å². The molecule has 1 atom stereocenters. The summed E-state index contributed by atoms with van der Waals surface area (Å²) in [6.45, 7) is 13.8. The summed E-state index contributed by atoms with van der Waals surface area (Å²) in [6, 6.07) is 12.3. The van der Waals surface area contributed by atoms with Gasteiger partial charge >= 0.3 is 0 Å². The van der Waals surface area contributed by atoms with Gasteiger partial charge in [0.05, 0.1) is 6.54 Å². The van der Waals surface area contributed by atoms with Crippen LogP contribution in [0.2, 0.25) is 0 Å². The fourth-order valence-electron chi connectivity index (χ4n) is 4.41. The van der Waals surface area contributed by atoms with E-state index in [4.69, 9.17) is 6.42 Å². The summed E-state index contributed by atoms with van der Waals surface area (Å²) in [6.07, 6.45) is 12.6. The first-order valence-corrected chi connectivity index (χ1v) is 11.9. The number of anilines is 1. The molecule has 0 bridgehead atoms. The first-order chi connectivity index (χ1) is 16.4. The molecule has 2 aromatic rings. The van der Waals surface area contributed by atoms with Crippen molar-refractivity contribution >= 4 is 29.7 Å². The van der Waals surface area contributed by atoms with Crippen molar-refractivity contribution in [1.29, 1.82) is 0 Å². The van der Waals surface area contributed by atoms with Crippen LogP contribution in [0.25, 0.3) is 12.2 Å². The van der Waals surface area contributed by atoms with Crippen LogP contribution >= 0.6 is 0 Å². The molecule has 0 aliphatic heterocycles. The number of carbonyl (C=O) groups is 2. The van der Waals surface area contributed by atoms with Gasteiger partial charge < -0.3 is 10.2 Å². The number of terminal acetylenes is 1. The summed E-state index contributed by atoms with van der Waals surface area (Å²) in [5.74, 6) is 2.15. The van der Waals surface area contributed by atoms with E-state index in [9.17, 15) is 9.59 Å². The van der Waals surface area contributed by atoms with Gasteiger partial charge in [0.1, 0.15) is 6.04 Å². The third-order valence-electron chi connectivity index (χ3n) is 6.06. The van der Waals surface area contributed by atoms with Crippen LogP contribution in [0.4, 0.5) is 5.69 Å². The lowest BCUT2D eigenvalue weighted by Crippen LogP contribution is -2.51. The Balaban J connectivity index is 2.52. The summed E-state index contributed by atoms with van der Waals surface area (Å²) < 4.78 is 0. The Labute approximate surface area is 204 Å². The smallest absolute Gasteiger partial charge is 0.255 e. The van der Waals surface area contributed by atoms with Crippen molar-refractivity contribution < 1.29 is 9.59 Å². The molecule has 34 heavy (non-hydrogen) atoms. The van der Waals surface area contributed by atoms with E-state index in [0.29, 0.717) is 11.3 Å². The van der Waals surface area contributed by atoms with Crippen molar-refractivity contribution in [1.82, 2.24) is 4.90 Å². The highest BCUT2D eigenvalue weighted by atomic mass is 16.2. The molecular weight excluding hydrogens is 420 g/mol. The Bertz CT molecular complexity index is 1060. The number of aryl methyl sites for hydroxylation is 1. The number of hydrogen-bond acceptors (Lipinski definition) is 2. The van der Waals surface area contributed by atoms with Crippen molar-refractivity contribution in [2.45, 2.75) is 52.5 Å². The second kappa shape index (κ2) is 13.2. The van der Waals surface area contributed by atoms with Gasteiger partial charge in [-0.2, -0.15) is 0 Å². The molecule has 2 amide bonds. The molecule has 0 fully saturated rings. The van der Waals surface area contributed by atoms with Crippen molar-refractivity contribution in [3.63, 3.8) is 0 Å². The molecule has 178 valence electrons. The molecule has 0 aliphatic rings. The van der Waals surface area contributed by atoms with Crippen LogP contribution in [0, 0.1) is 25.2 Å². The van der Waals surface area contributed by atoms with Gasteiger partial charge in [-0.05, 0) is 60.6 Å². The topological polar surface area (TPSA) is 49.4 Å². The van der Waals surface area contributed by atoms with E-state index in [1.165, 1.54) is 0 Å². The normalized spacial score (nSPS) is 11.4. The predicted octanol–water partition coefficient (Wildman–Crippen LogP) is 6.58. The first-order valence-electron chi connectivity index (χ1n) is 11.9. The molecule has 4 heteroatoms. The van der Waals surface area contributed by atoms with Crippen LogP contribution in [0.5, 0.6) is 0 Å². The van der Waals surface area contributed by atoms with Crippen molar-refractivity contribution in [2.75, 3.05) is 11.9 Å². The van der Waals surface area contributed by atoms with E-state index < -0.39 is 6.04 Å². The van der Waals surface area contributed by atoms with Gasteiger partial charge in [-0.1, -0.05) is 82.2 Å². The molecule has 1 unspecified atom stereocenters. The third kappa shape index (κ3) is 6.48. The van der Waals surface area contributed by atoms with E-state index in [-0.39, 0.29) is 24.3 Å². The van der Waals surface area contributed by atoms with Gasteiger partial charge in [0.25, 0.3) is 5.91 Å². The van der Waals surface area contributed by atoms with E-state index >= 15 is 0 Å². The van der Waals surface area contributed by atoms with E-state index in [1.54, 1.807) is 23.1 Å². The summed E-state index contributed by atoms with van der Waals surface area (Å²) in [7, 11) is 0. The second-order valence-electron chi connectivity index (χ2n) is 8.48. The minimum absolute atomic E-state index is 0.0114.